The predicted molar refractivity (Wildman–Crippen MR) is 94.8 cm³/mol. The van der Waals surface area contributed by atoms with Crippen molar-refractivity contribution in [2.45, 2.75) is 39.0 Å². The summed E-state index contributed by atoms with van der Waals surface area (Å²) in [5.41, 5.74) is 2.29. The molecule has 0 aromatic heterocycles. The van der Waals surface area contributed by atoms with Crippen LogP contribution in [0.25, 0.3) is 0 Å². The molecule has 2 amide bonds. The van der Waals surface area contributed by atoms with Crippen molar-refractivity contribution >= 4 is 17.5 Å². The number of benzene rings is 1. The highest BCUT2D eigenvalue weighted by molar-refractivity contribution is 5.87. The second-order valence-electron chi connectivity index (χ2n) is 7.14. The zero-order valence-corrected chi connectivity index (χ0v) is 14.7. The molecule has 1 aliphatic carbocycles. The van der Waals surface area contributed by atoms with Crippen molar-refractivity contribution < 1.29 is 9.59 Å². The Hall–Kier alpha value is -2.04. The van der Waals surface area contributed by atoms with Crippen molar-refractivity contribution in [3.05, 3.63) is 29.8 Å². The summed E-state index contributed by atoms with van der Waals surface area (Å²) in [5, 5.41) is 0. The van der Waals surface area contributed by atoms with E-state index in [-0.39, 0.29) is 24.3 Å². The van der Waals surface area contributed by atoms with Gasteiger partial charge in [0, 0.05) is 18.7 Å². The number of Topliss-reactive ketones (excluding diaryl/α,β-unsaturated/α-hetero) is 1. The Morgan fingerprint density at radius 2 is 1.75 bits per heavy atom. The molecule has 1 aromatic rings. The van der Waals surface area contributed by atoms with E-state index in [1.165, 1.54) is 12.0 Å². The molecule has 5 heteroatoms. The number of rotatable bonds is 4. The van der Waals surface area contributed by atoms with Gasteiger partial charge in [-0.15, -0.1) is 0 Å². The van der Waals surface area contributed by atoms with E-state index in [1.807, 2.05) is 0 Å². The van der Waals surface area contributed by atoms with Crippen LogP contribution in [-0.2, 0) is 4.79 Å². The van der Waals surface area contributed by atoms with Crippen LogP contribution in [0.15, 0.2) is 24.3 Å². The third-order valence-electron chi connectivity index (χ3n) is 5.13. The smallest absolute Gasteiger partial charge is 0.322 e. The Labute approximate surface area is 144 Å². The van der Waals surface area contributed by atoms with Gasteiger partial charge in [0.25, 0.3) is 0 Å². The summed E-state index contributed by atoms with van der Waals surface area (Å²) in [4.78, 5) is 30.5. The Balaban J connectivity index is 1.68. The van der Waals surface area contributed by atoms with Gasteiger partial charge in [-0.25, -0.2) is 4.79 Å². The molecular weight excluding hydrogens is 302 g/mol. The minimum atomic E-state index is -0.0532. The molecule has 0 bridgehead atoms. The van der Waals surface area contributed by atoms with E-state index < -0.39 is 0 Å². The summed E-state index contributed by atoms with van der Waals surface area (Å²) in [5.74, 6) is 0.369. The number of aryl methyl sites for hydroxylation is 1. The van der Waals surface area contributed by atoms with Gasteiger partial charge in [-0.05, 0) is 31.9 Å². The molecule has 5 nitrogen and oxygen atoms in total. The highest BCUT2D eigenvalue weighted by Gasteiger charge is 2.31. The van der Waals surface area contributed by atoms with Gasteiger partial charge in [0.1, 0.15) is 0 Å². The highest BCUT2D eigenvalue weighted by atomic mass is 16.2. The van der Waals surface area contributed by atoms with E-state index in [2.05, 4.69) is 36.1 Å². The first kappa shape index (κ1) is 16.8. The minimum Gasteiger partial charge on any atom is -0.336 e. The number of hydrogen-bond donors (Lipinski definition) is 0. The Morgan fingerprint density at radius 1 is 1.08 bits per heavy atom. The molecular formula is C19H27N3O2. The number of anilines is 1. The fourth-order valence-corrected chi connectivity index (χ4v) is 3.65. The maximum atomic E-state index is 12.6. The van der Waals surface area contributed by atoms with E-state index in [1.54, 1.807) is 16.8 Å². The molecule has 0 spiro atoms. The van der Waals surface area contributed by atoms with Crippen molar-refractivity contribution in [2.75, 3.05) is 31.8 Å². The molecule has 0 unspecified atom stereocenters. The van der Waals surface area contributed by atoms with Crippen LogP contribution in [0.3, 0.4) is 0 Å². The predicted octanol–water partition coefficient (Wildman–Crippen LogP) is 3.23. The van der Waals surface area contributed by atoms with Gasteiger partial charge < -0.3 is 9.80 Å². The topological polar surface area (TPSA) is 43.9 Å². The van der Waals surface area contributed by atoms with Gasteiger partial charge in [0.15, 0.2) is 5.78 Å². The lowest BCUT2D eigenvalue weighted by atomic mass is 9.86. The largest absolute Gasteiger partial charge is 0.336 e. The van der Waals surface area contributed by atoms with Crippen LogP contribution in [0.2, 0.25) is 0 Å². The molecule has 130 valence electrons. The van der Waals surface area contributed by atoms with Crippen LogP contribution in [0.5, 0.6) is 0 Å². The normalized spacial score (nSPS) is 19.8. The maximum Gasteiger partial charge on any atom is 0.322 e. The molecule has 1 aliphatic heterocycles. The lowest BCUT2D eigenvalue weighted by Gasteiger charge is -2.41. The molecule has 1 saturated carbocycles. The highest BCUT2D eigenvalue weighted by Crippen LogP contribution is 2.25. The summed E-state index contributed by atoms with van der Waals surface area (Å²) in [7, 11) is 1.79. The SMILES string of the molecule is Cc1ccc(N2CN(C)C(=O)N(CC(=O)C3CCCCC3)C2)cc1. The van der Waals surface area contributed by atoms with Crippen molar-refractivity contribution in [1.29, 1.82) is 0 Å². The molecule has 2 aliphatic rings. The first-order valence-electron chi connectivity index (χ1n) is 8.89. The third kappa shape index (κ3) is 3.71. The van der Waals surface area contributed by atoms with Gasteiger partial charge >= 0.3 is 6.03 Å². The Kier molecular flexibility index (Phi) is 5.07. The number of amides is 2. The Bertz CT molecular complexity index is 593. The summed E-state index contributed by atoms with van der Waals surface area (Å²) >= 11 is 0. The molecule has 1 saturated heterocycles. The van der Waals surface area contributed by atoms with Gasteiger partial charge in [-0.3, -0.25) is 9.69 Å². The van der Waals surface area contributed by atoms with E-state index in [0.717, 1.165) is 31.4 Å². The molecule has 1 aromatic carbocycles. The van der Waals surface area contributed by atoms with Gasteiger partial charge in [0.2, 0.25) is 0 Å². The van der Waals surface area contributed by atoms with E-state index >= 15 is 0 Å². The summed E-state index contributed by atoms with van der Waals surface area (Å²) in [6, 6.07) is 8.23. The number of carbonyl (C=O) groups is 2. The monoisotopic (exact) mass is 329 g/mol. The standard InChI is InChI=1S/C19H27N3O2/c1-15-8-10-17(11-9-15)22-13-20(2)19(24)21(14-22)12-18(23)16-6-4-3-5-7-16/h8-11,16H,3-7,12-14H2,1-2H3. The van der Waals surface area contributed by atoms with Crippen molar-refractivity contribution in [3.63, 3.8) is 0 Å². The van der Waals surface area contributed by atoms with Gasteiger partial charge in [-0.2, -0.15) is 0 Å². The maximum absolute atomic E-state index is 12.6. The second kappa shape index (κ2) is 7.24. The van der Waals surface area contributed by atoms with Crippen LogP contribution in [0.4, 0.5) is 10.5 Å². The van der Waals surface area contributed by atoms with Gasteiger partial charge in [-0.1, -0.05) is 37.0 Å². The fourth-order valence-electron chi connectivity index (χ4n) is 3.65. The molecule has 3 rings (SSSR count). The van der Waals surface area contributed by atoms with Crippen molar-refractivity contribution in [1.82, 2.24) is 9.80 Å². The number of nitrogens with zero attached hydrogens (tertiary/aromatic N) is 3. The van der Waals surface area contributed by atoms with Crippen LogP contribution in [0, 0.1) is 12.8 Å². The van der Waals surface area contributed by atoms with Crippen LogP contribution in [-0.4, -0.2) is 48.5 Å². The average Bonchev–Trinajstić information content (AvgIpc) is 2.60. The summed E-state index contributed by atoms with van der Waals surface area (Å²) in [6.07, 6.45) is 5.48. The van der Waals surface area contributed by atoms with Gasteiger partial charge in [0.05, 0.1) is 19.9 Å². The first-order chi connectivity index (χ1) is 11.5. The van der Waals surface area contributed by atoms with E-state index in [0.29, 0.717) is 13.3 Å². The molecule has 2 fully saturated rings. The zero-order valence-electron chi connectivity index (χ0n) is 14.7. The van der Waals surface area contributed by atoms with E-state index in [9.17, 15) is 9.59 Å². The van der Waals surface area contributed by atoms with Crippen LogP contribution >= 0.6 is 0 Å². The lowest BCUT2D eigenvalue weighted by molar-refractivity contribution is -0.124. The summed E-state index contributed by atoms with van der Waals surface area (Å²) in [6.45, 7) is 3.32. The van der Waals surface area contributed by atoms with E-state index in [4.69, 9.17) is 0 Å². The average molecular weight is 329 g/mol. The number of hydrogen-bond acceptors (Lipinski definition) is 3. The van der Waals surface area contributed by atoms with Crippen LogP contribution < -0.4 is 4.90 Å². The Morgan fingerprint density at radius 3 is 2.42 bits per heavy atom. The summed E-state index contributed by atoms with van der Waals surface area (Å²) < 4.78 is 0. The van der Waals surface area contributed by atoms with Crippen molar-refractivity contribution in [3.8, 4) is 0 Å². The number of urea groups is 1. The molecule has 0 atom stereocenters. The van der Waals surface area contributed by atoms with Crippen LogP contribution in [0.1, 0.15) is 37.7 Å². The minimum absolute atomic E-state index is 0.0532. The quantitative estimate of drug-likeness (QED) is 0.852. The lowest BCUT2D eigenvalue weighted by Crippen LogP contribution is -2.58. The molecule has 1 heterocycles. The third-order valence-corrected chi connectivity index (χ3v) is 5.13. The fraction of sp³-hybridized carbons (Fsp3) is 0.579. The zero-order chi connectivity index (χ0) is 17.1. The number of carbonyl (C=O) groups excluding carboxylic acids is 2. The second-order valence-corrected chi connectivity index (χ2v) is 7.14. The number of ketones is 1. The van der Waals surface area contributed by atoms with Crippen molar-refractivity contribution in [2.24, 2.45) is 5.92 Å². The molecule has 0 radical (unpaired) electrons. The first-order valence-corrected chi connectivity index (χ1v) is 8.89. The molecule has 24 heavy (non-hydrogen) atoms. The molecule has 0 N–H and O–H groups in total.